The van der Waals surface area contributed by atoms with E-state index in [2.05, 4.69) is 0 Å². The van der Waals surface area contributed by atoms with Gasteiger partial charge in [-0.15, -0.1) is 11.8 Å². The summed E-state index contributed by atoms with van der Waals surface area (Å²) < 4.78 is 5.22. The highest BCUT2D eigenvalue weighted by Crippen LogP contribution is 2.45. The predicted octanol–water partition coefficient (Wildman–Crippen LogP) is 3.49. The second-order valence-electron chi connectivity index (χ2n) is 5.14. The Labute approximate surface area is 150 Å². The van der Waals surface area contributed by atoms with Crippen molar-refractivity contribution in [2.45, 2.75) is 13.8 Å². The van der Waals surface area contributed by atoms with Crippen LogP contribution in [0.5, 0.6) is 0 Å². The van der Waals surface area contributed by atoms with Crippen LogP contribution in [0.3, 0.4) is 0 Å². The molecule has 0 N–H and O–H groups in total. The van der Waals surface area contributed by atoms with Gasteiger partial charge in [-0.1, -0.05) is 0 Å². The highest BCUT2D eigenvalue weighted by atomic mass is 32.2. The van der Waals surface area contributed by atoms with Crippen LogP contribution in [0.25, 0.3) is 0 Å². The first-order valence-corrected chi connectivity index (χ1v) is 8.93. The fraction of sp³-hybridized carbons (Fsp3) is 0.200. The topological polar surface area (TPSA) is 43.4 Å². The van der Waals surface area contributed by atoms with Gasteiger partial charge in [0.25, 0.3) is 0 Å². The molecule has 0 spiro atoms. The Morgan fingerprint density at radius 3 is 2.04 bits per heavy atom. The number of ketones is 1. The van der Waals surface area contributed by atoms with E-state index in [1.165, 1.54) is 18.7 Å². The SMILES string of the molecule is CCOC(=O)/C(SC)=C([C]1[CH][CH][CH][CH]1)\C(=C/C(C)=O)[C]1[CH][CH][CH][CH]1. The Morgan fingerprint density at radius 1 is 1.04 bits per heavy atom. The zero-order valence-corrected chi connectivity index (χ0v) is 14.9. The number of hydrogen-bond donors (Lipinski definition) is 0. The Hall–Kier alpha value is -1.03. The lowest BCUT2D eigenvalue weighted by Crippen LogP contribution is -2.16. The molecule has 0 aromatic carbocycles. The van der Waals surface area contributed by atoms with Crippen LogP contribution in [0.2, 0.25) is 0 Å². The first kappa shape index (κ1) is 19.3. The number of allylic oxidation sites excluding steroid dienone is 3. The van der Waals surface area contributed by atoms with Gasteiger partial charge in [0.15, 0.2) is 5.78 Å². The van der Waals surface area contributed by atoms with Crippen LogP contribution in [-0.4, -0.2) is 24.6 Å². The van der Waals surface area contributed by atoms with E-state index >= 15 is 0 Å². The summed E-state index contributed by atoms with van der Waals surface area (Å²) in [7, 11) is 0. The van der Waals surface area contributed by atoms with Gasteiger partial charge in [-0.25, -0.2) is 4.79 Å². The molecule has 0 atom stereocenters. The molecule has 0 saturated heterocycles. The third kappa shape index (κ3) is 4.75. The highest BCUT2D eigenvalue weighted by molar-refractivity contribution is 8.03. The third-order valence-corrected chi connectivity index (χ3v) is 4.21. The minimum absolute atomic E-state index is 0.0698. The largest absolute Gasteiger partial charge is 0.462 e. The molecule has 0 aliphatic heterocycles. The van der Waals surface area contributed by atoms with E-state index in [-0.39, 0.29) is 11.8 Å². The highest BCUT2D eigenvalue weighted by Gasteiger charge is 2.34. The smallest absolute Gasteiger partial charge is 0.344 e. The maximum absolute atomic E-state index is 12.5. The molecule has 2 fully saturated rings. The zero-order valence-electron chi connectivity index (χ0n) is 14.0. The van der Waals surface area contributed by atoms with Crippen LogP contribution in [0.15, 0.2) is 22.1 Å². The first-order chi connectivity index (χ1) is 11.6. The van der Waals surface area contributed by atoms with Crippen LogP contribution in [0.1, 0.15) is 13.8 Å². The molecule has 4 heteroatoms. The zero-order chi connectivity index (χ0) is 17.5. The number of carbonyl (C=O) groups excluding carboxylic acids is 2. The lowest BCUT2D eigenvalue weighted by Gasteiger charge is -2.24. The van der Waals surface area contributed by atoms with E-state index in [1.54, 1.807) is 13.0 Å². The molecule has 0 heterocycles. The standard InChI is InChI=1S/C20H20O3S/c1-4-23-20(22)19(24-3)18(16-11-7-8-12-16)17(13-14(2)21)15-9-5-6-10-15/h5-13H,4H2,1-3H3/b17-13-,19-18+. The van der Waals surface area contributed by atoms with E-state index in [0.29, 0.717) is 11.5 Å². The van der Waals surface area contributed by atoms with Gasteiger partial charge in [0.05, 0.1) is 11.5 Å². The molecular formula is C20H20O3S. The number of ether oxygens (including phenoxy) is 1. The number of esters is 1. The van der Waals surface area contributed by atoms with Crippen LogP contribution >= 0.6 is 11.8 Å². The Balaban J connectivity index is 2.52. The van der Waals surface area contributed by atoms with Crippen LogP contribution in [0, 0.1) is 63.2 Å². The molecule has 0 aromatic rings. The molecule has 10 radical (unpaired) electrons. The minimum Gasteiger partial charge on any atom is -0.462 e. The van der Waals surface area contributed by atoms with Gasteiger partial charge in [-0.3, -0.25) is 4.79 Å². The van der Waals surface area contributed by atoms with E-state index in [9.17, 15) is 9.59 Å². The molecule has 24 heavy (non-hydrogen) atoms. The van der Waals surface area contributed by atoms with Gasteiger partial charge < -0.3 is 4.74 Å². The van der Waals surface area contributed by atoms with Crippen molar-refractivity contribution >= 4 is 23.5 Å². The van der Waals surface area contributed by atoms with Gasteiger partial charge in [0, 0.05) is 11.8 Å². The van der Waals surface area contributed by atoms with Gasteiger partial charge in [0.1, 0.15) is 0 Å². The number of rotatable bonds is 7. The summed E-state index contributed by atoms with van der Waals surface area (Å²) in [6.07, 6.45) is 18.8. The number of thioether (sulfide) groups is 1. The lowest BCUT2D eigenvalue weighted by atomic mass is 9.82. The van der Waals surface area contributed by atoms with Crippen LogP contribution in [0.4, 0.5) is 0 Å². The lowest BCUT2D eigenvalue weighted by molar-refractivity contribution is -0.137. The van der Waals surface area contributed by atoms with Crippen molar-refractivity contribution in [2.24, 2.45) is 0 Å². The maximum Gasteiger partial charge on any atom is 0.344 e. The molecule has 0 unspecified atom stereocenters. The Bertz CT molecular complexity index is 521. The fourth-order valence-electron chi connectivity index (χ4n) is 2.49. The van der Waals surface area contributed by atoms with Crippen molar-refractivity contribution in [3.8, 4) is 0 Å². The van der Waals surface area contributed by atoms with Gasteiger partial charge >= 0.3 is 5.97 Å². The second kappa shape index (κ2) is 9.45. The maximum atomic E-state index is 12.5. The number of hydrogen-bond acceptors (Lipinski definition) is 4. The molecule has 3 nitrogen and oxygen atoms in total. The van der Waals surface area contributed by atoms with Crippen molar-refractivity contribution in [3.63, 3.8) is 0 Å². The molecule has 124 valence electrons. The number of carbonyl (C=O) groups is 2. The molecule has 0 bridgehead atoms. The van der Waals surface area contributed by atoms with Crippen molar-refractivity contribution in [2.75, 3.05) is 12.9 Å². The fourth-order valence-corrected chi connectivity index (χ4v) is 3.15. The van der Waals surface area contributed by atoms with Gasteiger partial charge in [0.2, 0.25) is 0 Å². The molecular weight excluding hydrogens is 320 g/mol. The summed E-state index contributed by atoms with van der Waals surface area (Å²) in [6, 6.07) is 0. The summed E-state index contributed by atoms with van der Waals surface area (Å²) in [4.78, 5) is 24.8. The van der Waals surface area contributed by atoms with E-state index in [4.69, 9.17) is 4.74 Å². The normalized spacial score (nSPS) is 21.0. The molecule has 2 aliphatic carbocycles. The van der Waals surface area contributed by atoms with E-state index in [1.807, 2.05) is 57.6 Å². The molecule has 0 aromatic heterocycles. The van der Waals surface area contributed by atoms with Crippen molar-refractivity contribution in [3.05, 3.63) is 85.3 Å². The molecule has 0 amide bonds. The van der Waals surface area contributed by atoms with E-state index in [0.717, 1.165) is 23.0 Å². The van der Waals surface area contributed by atoms with Gasteiger partial charge in [-0.2, -0.15) is 0 Å². The average molecular weight is 340 g/mol. The summed E-state index contributed by atoms with van der Waals surface area (Å²) in [5.41, 5.74) is 1.46. The van der Waals surface area contributed by atoms with Crippen LogP contribution in [-0.2, 0) is 14.3 Å². The third-order valence-electron chi connectivity index (χ3n) is 3.43. The monoisotopic (exact) mass is 340 g/mol. The van der Waals surface area contributed by atoms with Crippen molar-refractivity contribution in [1.82, 2.24) is 0 Å². The van der Waals surface area contributed by atoms with Crippen molar-refractivity contribution in [1.29, 1.82) is 0 Å². The predicted molar refractivity (Wildman–Crippen MR) is 96.8 cm³/mol. The summed E-state index contributed by atoms with van der Waals surface area (Å²) in [5, 5.41) is 0. The summed E-state index contributed by atoms with van der Waals surface area (Å²) in [5.74, 6) is 1.35. The minimum atomic E-state index is -0.373. The van der Waals surface area contributed by atoms with E-state index < -0.39 is 0 Å². The quantitative estimate of drug-likeness (QED) is 0.404. The average Bonchev–Trinajstić information content (AvgIpc) is 3.23. The molecule has 2 saturated carbocycles. The Morgan fingerprint density at radius 2 is 1.58 bits per heavy atom. The van der Waals surface area contributed by atoms with Crippen LogP contribution < -0.4 is 0 Å². The summed E-state index contributed by atoms with van der Waals surface area (Å²) >= 11 is 1.33. The van der Waals surface area contributed by atoms with Gasteiger partial charge in [-0.05, 0) is 88.7 Å². The van der Waals surface area contributed by atoms with Crippen molar-refractivity contribution < 1.29 is 14.3 Å². The Kier molecular flexibility index (Phi) is 7.60. The molecule has 2 aliphatic rings. The first-order valence-electron chi connectivity index (χ1n) is 7.70. The second-order valence-corrected chi connectivity index (χ2v) is 5.96. The summed E-state index contributed by atoms with van der Waals surface area (Å²) in [6.45, 7) is 3.59. The molecule has 2 rings (SSSR count).